The van der Waals surface area contributed by atoms with Gasteiger partial charge < -0.3 is 9.15 Å². The standard InChI is InChI=1S/C22H25N3O2/c1-3-7-18(8-4-1)15-19-11-13-25(14-12-19)16-21-23-24-22(27-21)17-26-20-9-5-2-6-10-20/h1-10,19H,11-17H2. The van der Waals surface area contributed by atoms with Gasteiger partial charge in [-0.15, -0.1) is 10.2 Å². The summed E-state index contributed by atoms with van der Waals surface area (Å²) in [5.74, 6) is 2.76. The van der Waals surface area contributed by atoms with E-state index in [9.17, 15) is 0 Å². The molecule has 3 aromatic rings. The number of likely N-dealkylation sites (tertiary alicyclic amines) is 1. The van der Waals surface area contributed by atoms with Crippen LogP contribution in [0.25, 0.3) is 0 Å². The van der Waals surface area contributed by atoms with Crippen LogP contribution in [0.15, 0.2) is 65.1 Å². The van der Waals surface area contributed by atoms with Gasteiger partial charge in [0.2, 0.25) is 5.89 Å². The maximum Gasteiger partial charge on any atom is 0.253 e. The van der Waals surface area contributed by atoms with Crippen molar-refractivity contribution in [1.29, 1.82) is 0 Å². The van der Waals surface area contributed by atoms with Crippen molar-refractivity contribution in [3.05, 3.63) is 78.0 Å². The SMILES string of the molecule is c1ccc(CC2CCN(Cc3nnc(COc4ccccc4)o3)CC2)cc1. The summed E-state index contributed by atoms with van der Waals surface area (Å²) in [4.78, 5) is 2.40. The quantitative estimate of drug-likeness (QED) is 0.632. The number of piperidine rings is 1. The maximum atomic E-state index is 5.74. The van der Waals surface area contributed by atoms with Gasteiger partial charge >= 0.3 is 0 Å². The lowest BCUT2D eigenvalue weighted by Crippen LogP contribution is -2.34. The molecule has 0 atom stereocenters. The van der Waals surface area contributed by atoms with Crippen molar-refractivity contribution in [2.24, 2.45) is 5.92 Å². The Bertz CT molecular complexity index is 812. The highest BCUT2D eigenvalue weighted by Gasteiger charge is 2.21. The second-order valence-corrected chi connectivity index (χ2v) is 7.10. The molecule has 1 saturated heterocycles. The Hall–Kier alpha value is -2.66. The average Bonchev–Trinajstić information content (AvgIpc) is 3.17. The van der Waals surface area contributed by atoms with Crippen LogP contribution in [0.3, 0.4) is 0 Å². The van der Waals surface area contributed by atoms with Gasteiger partial charge in [-0.2, -0.15) is 0 Å². The zero-order valence-electron chi connectivity index (χ0n) is 15.5. The molecule has 4 rings (SSSR count). The van der Waals surface area contributed by atoms with Crippen molar-refractivity contribution in [3.8, 4) is 5.75 Å². The lowest BCUT2D eigenvalue weighted by molar-refractivity contribution is 0.160. The Kier molecular flexibility index (Phi) is 5.80. The molecule has 1 aliphatic heterocycles. The Labute approximate surface area is 160 Å². The van der Waals surface area contributed by atoms with Crippen molar-refractivity contribution in [2.75, 3.05) is 13.1 Å². The number of aromatic nitrogens is 2. The molecule has 5 nitrogen and oxygen atoms in total. The van der Waals surface area contributed by atoms with E-state index >= 15 is 0 Å². The number of nitrogens with zero attached hydrogens (tertiary/aromatic N) is 3. The molecule has 0 radical (unpaired) electrons. The minimum absolute atomic E-state index is 0.302. The summed E-state index contributed by atoms with van der Waals surface area (Å²) >= 11 is 0. The fourth-order valence-electron chi connectivity index (χ4n) is 3.56. The Balaban J connectivity index is 1.22. The highest BCUT2D eigenvalue weighted by molar-refractivity contribution is 5.20. The van der Waals surface area contributed by atoms with Gasteiger partial charge in [0, 0.05) is 0 Å². The highest BCUT2D eigenvalue weighted by Crippen LogP contribution is 2.22. The molecule has 0 aliphatic carbocycles. The smallest absolute Gasteiger partial charge is 0.253 e. The summed E-state index contributed by atoms with van der Waals surface area (Å²) in [6.07, 6.45) is 3.61. The highest BCUT2D eigenvalue weighted by atomic mass is 16.5. The minimum Gasteiger partial charge on any atom is -0.484 e. The molecule has 1 aliphatic rings. The predicted molar refractivity (Wildman–Crippen MR) is 103 cm³/mol. The van der Waals surface area contributed by atoms with E-state index in [2.05, 4.69) is 45.4 Å². The topological polar surface area (TPSA) is 51.4 Å². The zero-order valence-corrected chi connectivity index (χ0v) is 15.5. The van der Waals surface area contributed by atoms with Crippen molar-refractivity contribution in [2.45, 2.75) is 32.4 Å². The van der Waals surface area contributed by atoms with E-state index in [1.54, 1.807) is 0 Å². The summed E-state index contributed by atoms with van der Waals surface area (Å²) in [6, 6.07) is 20.4. The normalized spacial score (nSPS) is 15.7. The fourth-order valence-corrected chi connectivity index (χ4v) is 3.56. The van der Waals surface area contributed by atoms with Crippen molar-refractivity contribution < 1.29 is 9.15 Å². The Morgan fingerprint density at radius 1 is 0.889 bits per heavy atom. The first-order chi connectivity index (χ1) is 13.3. The summed E-state index contributed by atoms with van der Waals surface area (Å²) in [5.41, 5.74) is 1.44. The van der Waals surface area contributed by atoms with Crippen LogP contribution in [0.1, 0.15) is 30.2 Å². The summed E-state index contributed by atoms with van der Waals surface area (Å²) in [5, 5.41) is 8.27. The number of hydrogen-bond donors (Lipinski definition) is 0. The first-order valence-electron chi connectivity index (χ1n) is 9.60. The second kappa shape index (κ2) is 8.82. The first-order valence-corrected chi connectivity index (χ1v) is 9.60. The molecule has 1 fully saturated rings. The second-order valence-electron chi connectivity index (χ2n) is 7.10. The van der Waals surface area contributed by atoms with Crippen molar-refractivity contribution in [1.82, 2.24) is 15.1 Å². The van der Waals surface area contributed by atoms with Crippen LogP contribution in [0.4, 0.5) is 0 Å². The van der Waals surface area contributed by atoms with Gasteiger partial charge in [-0.05, 0) is 56.0 Å². The molecule has 0 bridgehead atoms. The molecular formula is C22H25N3O2. The molecule has 0 N–H and O–H groups in total. The van der Waals surface area contributed by atoms with Crippen LogP contribution in [-0.4, -0.2) is 28.2 Å². The fraction of sp³-hybridized carbons (Fsp3) is 0.364. The van der Waals surface area contributed by atoms with E-state index in [1.165, 1.54) is 24.8 Å². The van der Waals surface area contributed by atoms with E-state index in [4.69, 9.17) is 9.15 Å². The molecule has 0 unspecified atom stereocenters. The van der Waals surface area contributed by atoms with Gasteiger partial charge in [-0.3, -0.25) is 4.90 Å². The third-order valence-corrected chi connectivity index (χ3v) is 5.05. The van der Waals surface area contributed by atoms with Crippen molar-refractivity contribution in [3.63, 3.8) is 0 Å². The molecule has 0 saturated carbocycles. The summed E-state index contributed by atoms with van der Waals surface area (Å²) in [7, 11) is 0. The molecule has 0 spiro atoms. The lowest BCUT2D eigenvalue weighted by atomic mass is 9.90. The molecule has 1 aromatic heterocycles. The Morgan fingerprint density at radius 3 is 2.30 bits per heavy atom. The van der Waals surface area contributed by atoms with Gasteiger partial charge in [0.05, 0.1) is 6.54 Å². The number of ether oxygens (including phenoxy) is 1. The summed E-state index contributed by atoms with van der Waals surface area (Å²) in [6.45, 7) is 3.18. The lowest BCUT2D eigenvalue weighted by Gasteiger charge is -2.31. The van der Waals surface area contributed by atoms with Gasteiger partial charge in [0.1, 0.15) is 5.75 Å². The van der Waals surface area contributed by atoms with Gasteiger partial charge in [-0.25, -0.2) is 0 Å². The largest absolute Gasteiger partial charge is 0.484 e. The van der Waals surface area contributed by atoms with E-state index in [0.717, 1.165) is 31.3 Å². The van der Waals surface area contributed by atoms with E-state index in [1.807, 2.05) is 30.3 Å². The monoisotopic (exact) mass is 363 g/mol. The molecule has 140 valence electrons. The number of benzene rings is 2. The molecule has 27 heavy (non-hydrogen) atoms. The molecule has 2 aromatic carbocycles. The van der Waals surface area contributed by atoms with Crippen LogP contribution in [0.2, 0.25) is 0 Å². The van der Waals surface area contributed by atoms with Crippen LogP contribution in [-0.2, 0) is 19.6 Å². The first kappa shape index (κ1) is 17.7. The van der Waals surface area contributed by atoms with Crippen molar-refractivity contribution >= 4 is 0 Å². The Morgan fingerprint density at radius 2 is 1.56 bits per heavy atom. The van der Waals surface area contributed by atoms with Crippen LogP contribution >= 0.6 is 0 Å². The number of para-hydroxylation sites is 1. The number of rotatable bonds is 7. The van der Waals surface area contributed by atoms with Gasteiger partial charge in [0.15, 0.2) is 6.61 Å². The molecule has 2 heterocycles. The molecule has 5 heteroatoms. The van der Waals surface area contributed by atoms with E-state index in [0.29, 0.717) is 18.4 Å². The van der Waals surface area contributed by atoms with Gasteiger partial charge in [-0.1, -0.05) is 48.5 Å². The third kappa shape index (κ3) is 5.17. The molecule has 0 amide bonds. The van der Waals surface area contributed by atoms with Crippen LogP contribution in [0.5, 0.6) is 5.75 Å². The van der Waals surface area contributed by atoms with E-state index in [-0.39, 0.29) is 0 Å². The third-order valence-electron chi connectivity index (χ3n) is 5.05. The summed E-state index contributed by atoms with van der Waals surface area (Å²) < 4.78 is 11.4. The minimum atomic E-state index is 0.302. The predicted octanol–water partition coefficient (Wildman–Crippen LogP) is 4.10. The maximum absolute atomic E-state index is 5.74. The average molecular weight is 363 g/mol. The van der Waals surface area contributed by atoms with Crippen LogP contribution < -0.4 is 4.74 Å². The molecular weight excluding hydrogens is 338 g/mol. The van der Waals surface area contributed by atoms with E-state index < -0.39 is 0 Å². The number of hydrogen-bond acceptors (Lipinski definition) is 5. The zero-order chi connectivity index (χ0) is 18.3. The van der Waals surface area contributed by atoms with Gasteiger partial charge in [0.25, 0.3) is 5.89 Å². The van der Waals surface area contributed by atoms with Crippen LogP contribution in [0, 0.1) is 5.92 Å².